The van der Waals surface area contributed by atoms with E-state index in [1.54, 1.807) is 0 Å². The van der Waals surface area contributed by atoms with Crippen LogP contribution < -0.4 is 10.6 Å². The molecule has 2 aliphatic carbocycles. The standard InChI is InChI=1S/C19H34N4O2S.HI/c24-26(25)12-9-15(14-26)13-20-19(21-16-3-1-2-4-16)22-17-7-10-23(11-8-17)18-5-6-18;/h15-18H,1-14H2,(H2,20,21,22);1H. The lowest BCUT2D eigenvalue weighted by Crippen LogP contribution is -2.51. The number of nitrogens with one attached hydrogen (secondary N) is 2. The molecule has 4 rings (SSSR count). The van der Waals surface area contributed by atoms with Crippen LogP contribution in [0, 0.1) is 5.92 Å². The van der Waals surface area contributed by atoms with Crippen molar-refractivity contribution in [3.63, 3.8) is 0 Å². The Morgan fingerprint density at radius 2 is 1.56 bits per heavy atom. The SMILES string of the molecule is I.O=S1(=O)CCC(CN=C(NC2CCCC2)NC2CCN(C3CC3)CC2)C1. The first-order valence-electron chi connectivity index (χ1n) is 10.6. The van der Waals surface area contributed by atoms with Crippen molar-refractivity contribution in [2.75, 3.05) is 31.1 Å². The number of rotatable bonds is 5. The Kier molecular flexibility index (Phi) is 7.69. The Morgan fingerprint density at radius 1 is 0.926 bits per heavy atom. The number of guanidine groups is 1. The van der Waals surface area contributed by atoms with Gasteiger partial charge in [-0.1, -0.05) is 12.8 Å². The van der Waals surface area contributed by atoms with Crippen LogP contribution in [0.4, 0.5) is 0 Å². The summed E-state index contributed by atoms with van der Waals surface area (Å²) in [6.45, 7) is 3.02. The van der Waals surface area contributed by atoms with Crippen molar-refractivity contribution in [1.29, 1.82) is 0 Å². The maximum Gasteiger partial charge on any atom is 0.191 e. The Labute approximate surface area is 181 Å². The number of sulfone groups is 1. The predicted octanol–water partition coefficient (Wildman–Crippen LogP) is 2.14. The highest BCUT2D eigenvalue weighted by molar-refractivity contribution is 14.0. The third-order valence-electron chi connectivity index (χ3n) is 6.46. The summed E-state index contributed by atoms with van der Waals surface area (Å²) in [5.74, 6) is 1.77. The van der Waals surface area contributed by atoms with E-state index >= 15 is 0 Å². The highest BCUT2D eigenvalue weighted by atomic mass is 127. The van der Waals surface area contributed by atoms with Crippen molar-refractivity contribution in [1.82, 2.24) is 15.5 Å². The molecule has 0 radical (unpaired) electrons. The number of hydrogen-bond acceptors (Lipinski definition) is 4. The van der Waals surface area contributed by atoms with Crippen molar-refractivity contribution in [3.05, 3.63) is 0 Å². The minimum atomic E-state index is -2.82. The lowest BCUT2D eigenvalue weighted by Gasteiger charge is -2.33. The van der Waals surface area contributed by atoms with Crippen LogP contribution in [0.1, 0.15) is 57.8 Å². The minimum Gasteiger partial charge on any atom is -0.354 e. The van der Waals surface area contributed by atoms with Gasteiger partial charge in [0.05, 0.1) is 11.5 Å². The normalized spacial score (nSPS) is 30.2. The Hall–Kier alpha value is -0.0900. The van der Waals surface area contributed by atoms with Gasteiger partial charge in [0.15, 0.2) is 15.8 Å². The molecule has 2 saturated heterocycles. The number of nitrogens with zero attached hydrogens (tertiary/aromatic N) is 2. The molecule has 27 heavy (non-hydrogen) atoms. The third kappa shape index (κ3) is 6.45. The van der Waals surface area contributed by atoms with Crippen LogP contribution >= 0.6 is 24.0 Å². The molecule has 4 fully saturated rings. The van der Waals surface area contributed by atoms with Crippen molar-refractivity contribution in [2.24, 2.45) is 10.9 Å². The van der Waals surface area contributed by atoms with Crippen LogP contribution in [0.15, 0.2) is 4.99 Å². The summed E-state index contributed by atoms with van der Waals surface area (Å²) < 4.78 is 23.4. The zero-order chi connectivity index (χ0) is 18.0. The molecule has 0 aromatic heterocycles. The van der Waals surface area contributed by atoms with E-state index in [9.17, 15) is 8.42 Å². The third-order valence-corrected chi connectivity index (χ3v) is 8.30. The molecule has 0 bridgehead atoms. The first kappa shape index (κ1) is 21.6. The number of halogens is 1. The van der Waals surface area contributed by atoms with Gasteiger partial charge in [0.25, 0.3) is 0 Å². The largest absolute Gasteiger partial charge is 0.354 e. The lowest BCUT2D eigenvalue weighted by atomic mass is 10.1. The van der Waals surface area contributed by atoms with Crippen molar-refractivity contribution < 1.29 is 8.42 Å². The van der Waals surface area contributed by atoms with E-state index in [1.807, 2.05) is 0 Å². The predicted molar refractivity (Wildman–Crippen MR) is 121 cm³/mol. The van der Waals surface area contributed by atoms with Crippen molar-refractivity contribution in [2.45, 2.75) is 75.9 Å². The van der Waals surface area contributed by atoms with Crippen LogP contribution in [0.5, 0.6) is 0 Å². The topological polar surface area (TPSA) is 73.8 Å². The van der Waals surface area contributed by atoms with Gasteiger partial charge in [-0.15, -0.1) is 24.0 Å². The van der Waals surface area contributed by atoms with Crippen molar-refractivity contribution >= 4 is 39.8 Å². The molecular formula is C19H35IN4O2S. The second kappa shape index (κ2) is 9.61. The van der Waals surface area contributed by atoms with Gasteiger partial charge in [0.1, 0.15) is 0 Å². The Balaban J connectivity index is 0.00000210. The van der Waals surface area contributed by atoms with E-state index < -0.39 is 9.84 Å². The van der Waals surface area contributed by atoms with Gasteiger partial charge in [-0.3, -0.25) is 4.99 Å². The van der Waals surface area contributed by atoms with Crippen LogP contribution in [0.3, 0.4) is 0 Å². The molecule has 2 aliphatic heterocycles. The van der Waals surface area contributed by atoms with Gasteiger partial charge in [0, 0.05) is 37.8 Å². The van der Waals surface area contributed by atoms with Gasteiger partial charge in [-0.25, -0.2) is 8.42 Å². The fourth-order valence-electron chi connectivity index (χ4n) is 4.67. The Morgan fingerprint density at radius 3 is 2.11 bits per heavy atom. The summed E-state index contributed by atoms with van der Waals surface area (Å²) in [6.07, 6.45) is 10.9. The van der Waals surface area contributed by atoms with Crippen LogP contribution in [0.25, 0.3) is 0 Å². The second-order valence-corrected chi connectivity index (χ2v) is 11.0. The van der Waals surface area contributed by atoms with E-state index in [2.05, 4.69) is 15.5 Å². The first-order chi connectivity index (χ1) is 12.6. The summed E-state index contributed by atoms with van der Waals surface area (Å²) in [4.78, 5) is 7.45. The number of piperidine rings is 1. The van der Waals surface area contributed by atoms with Crippen molar-refractivity contribution in [3.8, 4) is 0 Å². The van der Waals surface area contributed by atoms with E-state index in [0.29, 0.717) is 30.1 Å². The summed E-state index contributed by atoms with van der Waals surface area (Å²) in [5, 5.41) is 7.30. The van der Waals surface area contributed by atoms with Crippen LogP contribution in [-0.2, 0) is 9.84 Å². The summed E-state index contributed by atoms with van der Waals surface area (Å²) in [5.41, 5.74) is 0. The maximum atomic E-state index is 11.7. The van der Waals surface area contributed by atoms with E-state index in [4.69, 9.17) is 4.99 Å². The quantitative estimate of drug-likeness (QED) is 0.337. The molecule has 0 aromatic carbocycles. The summed E-state index contributed by atoms with van der Waals surface area (Å²) in [7, 11) is -2.82. The summed E-state index contributed by atoms with van der Waals surface area (Å²) in [6, 6.07) is 1.88. The Bertz CT molecular complexity index is 609. The zero-order valence-electron chi connectivity index (χ0n) is 16.2. The van der Waals surface area contributed by atoms with Gasteiger partial charge in [-0.2, -0.15) is 0 Å². The highest BCUT2D eigenvalue weighted by Crippen LogP contribution is 2.29. The number of hydrogen-bond donors (Lipinski definition) is 2. The maximum absolute atomic E-state index is 11.7. The molecule has 0 spiro atoms. The fourth-order valence-corrected chi connectivity index (χ4v) is 6.52. The molecule has 4 aliphatic rings. The highest BCUT2D eigenvalue weighted by Gasteiger charge is 2.32. The molecule has 0 amide bonds. The van der Waals surface area contributed by atoms with Crippen LogP contribution in [0.2, 0.25) is 0 Å². The van der Waals surface area contributed by atoms with Gasteiger partial charge >= 0.3 is 0 Å². The molecule has 8 heteroatoms. The molecular weight excluding hydrogens is 475 g/mol. The molecule has 1 atom stereocenters. The molecule has 6 nitrogen and oxygen atoms in total. The number of aliphatic imine (C=N–C) groups is 1. The minimum absolute atomic E-state index is 0. The second-order valence-electron chi connectivity index (χ2n) is 8.77. The van der Waals surface area contributed by atoms with Gasteiger partial charge < -0.3 is 15.5 Å². The summed E-state index contributed by atoms with van der Waals surface area (Å²) >= 11 is 0. The number of likely N-dealkylation sites (tertiary alicyclic amines) is 1. The smallest absolute Gasteiger partial charge is 0.191 e. The van der Waals surface area contributed by atoms with E-state index in [0.717, 1.165) is 18.4 Å². The van der Waals surface area contributed by atoms with E-state index in [-0.39, 0.29) is 29.9 Å². The lowest BCUT2D eigenvalue weighted by molar-refractivity contribution is 0.197. The molecule has 156 valence electrons. The molecule has 2 heterocycles. The average molecular weight is 510 g/mol. The van der Waals surface area contributed by atoms with Crippen LogP contribution in [-0.4, -0.2) is 68.5 Å². The van der Waals surface area contributed by atoms with Gasteiger partial charge in [-0.05, 0) is 50.9 Å². The molecule has 1 unspecified atom stereocenters. The first-order valence-corrected chi connectivity index (χ1v) is 12.4. The van der Waals surface area contributed by atoms with Gasteiger partial charge in [0.2, 0.25) is 0 Å². The molecule has 2 saturated carbocycles. The van der Waals surface area contributed by atoms with E-state index in [1.165, 1.54) is 64.5 Å². The average Bonchev–Trinajstić information content (AvgIpc) is 3.23. The zero-order valence-corrected chi connectivity index (χ0v) is 19.4. The molecule has 0 aromatic rings. The monoisotopic (exact) mass is 510 g/mol. The molecule has 2 N–H and O–H groups in total. The fraction of sp³-hybridized carbons (Fsp3) is 0.947.